The smallest absolute Gasteiger partial charge is 0.203 e. The molecule has 1 rings (SSSR count). The largest absolute Gasteiger partial charge is 0.394 e. The number of nitrogens with one attached hydrogen (secondary N) is 1. The van der Waals surface area contributed by atoms with Crippen LogP contribution in [0.15, 0.2) is 0 Å². The summed E-state index contributed by atoms with van der Waals surface area (Å²) in [4.78, 5) is 4.25. The number of hydrogen-bond donors (Lipinski definition) is 2. The van der Waals surface area contributed by atoms with Gasteiger partial charge in [0.2, 0.25) is 5.13 Å². The Morgan fingerprint density at radius 2 is 2.23 bits per heavy atom. The van der Waals surface area contributed by atoms with E-state index in [1.54, 1.807) is 0 Å². The van der Waals surface area contributed by atoms with Gasteiger partial charge in [-0.1, -0.05) is 6.92 Å². The van der Waals surface area contributed by atoms with Gasteiger partial charge in [-0.2, -0.15) is 4.37 Å². The lowest BCUT2D eigenvalue weighted by Crippen LogP contribution is -2.34. The SMILES string of the molecule is CCc1nsc(NC(C)(C)CO)n1. The number of rotatable bonds is 4. The van der Waals surface area contributed by atoms with Crippen LogP contribution in [-0.4, -0.2) is 26.6 Å². The van der Waals surface area contributed by atoms with Crippen LogP contribution >= 0.6 is 11.5 Å². The Kier molecular flexibility index (Phi) is 3.22. The van der Waals surface area contributed by atoms with Crippen molar-refractivity contribution in [3.8, 4) is 0 Å². The zero-order valence-electron chi connectivity index (χ0n) is 8.16. The van der Waals surface area contributed by atoms with Crippen molar-refractivity contribution in [2.75, 3.05) is 11.9 Å². The zero-order chi connectivity index (χ0) is 9.90. The molecule has 1 aromatic rings. The van der Waals surface area contributed by atoms with E-state index in [1.165, 1.54) is 11.5 Å². The molecule has 0 saturated heterocycles. The van der Waals surface area contributed by atoms with E-state index in [1.807, 2.05) is 20.8 Å². The molecule has 5 heteroatoms. The predicted molar refractivity (Wildman–Crippen MR) is 54.1 cm³/mol. The van der Waals surface area contributed by atoms with Gasteiger partial charge in [-0.25, -0.2) is 4.98 Å². The highest BCUT2D eigenvalue weighted by Gasteiger charge is 2.17. The van der Waals surface area contributed by atoms with E-state index >= 15 is 0 Å². The number of aliphatic hydroxyl groups is 1. The third-order valence-electron chi connectivity index (χ3n) is 1.62. The van der Waals surface area contributed by atoms with Crippen molar-refractivity contribution < 1.29 is 5.11 Å². The molecular formula is C8H15N3OS. The first-order chi connectivity index (χ1) is 6.07. The van der Waals surface area contributed by atoms with Crippen LogP contribution in [0.1, 0.15) is 26.6 Å². The van der Waals surface area contributed by atoms with E-state index in [0.717, 1.165) is 17.4 Å². The zero-order valence-corrected chi connectivity index (χ0v) is 8.98. The van der Waals surface area contributed by atoms with Gasteiger partial charge >= 0.3 is 0 Å². The van der Waals surface area contributed by atoms with Crippen LogP contribution < -0.4 is 5.32 Å². The summed E-state index contributed by atoms with van der Waals surface area (Å²) < 4.78 is 4.14. The Morgan fingerprint density at radius 3 is 2.69 bits per heavy atom. The Labute approximate surface area is 82.2 Å². The number of aryl methyl sites for hydroxylation is 1. The van der Waals surface area contributed by atoms with Gasteiger partial charge in [0.05, 0.1) is 12.1 Å². The van der Waals surface area contributed by atoms with E-state index in [2.05, 4.69) is 14.7 Å². The summed E-state index contributed by atoms with van der Waals surface area (Å²) in [6.45, 7) is 5.93. The second kappa shape index (κ2) is 4.02. The molecule has 0 aromatic carbocycles. The lowest BCUT2D eigenvalue weighted by Gasteiger charge is -2.22. The fourth-order valence-electron chi connectivity index (χ4n) is 0.777. The molecule has 0 radical (unpaired) electrons. The van der Waals surface area contributed by atoms with Crippen LogP contribution in [0.4, 0.5) is 5.13 Å². The molecule has 4 nitrogen and oxygen atoms in total. The molecule has 0 atom stereocenters. The topological polar surface area (TPSA) is 58.0 Å². The van der Waals surface area contributed by atoms with Crippen molar-refractivity contribution in [1.29, 1.82) is 0 Å². The predicted octanol–water partition coefficient (Wildman–Crippen LogP) is 1.28. The highest BCUT2D eigenvalue weighted by atomic mass is 32.1. The monoisotopic (exact) mass is 201 g/mol. The Hall–Kier alpha value is -0.680. The van der Waals surface area contributed by atoms with Gasteiger partial charge < -0.3 is 10.4 Å². The van der Waals surface area contributed by atoms with E-state index in [4.69, 9.17) is 5.11 Å². The molecule has 0 saturated carbocycles. The van der Waals surface area contributed by atoms with Gasteiger partial charge in [-0.05, 0) is 13.8 Å². The van der Waals surface area contributed by atoms with Crippen molar-refractivity contribution in [1.82, 2.24) is 9.36 Å². The Morgan fingerprint density at radius 1 is 1.54 bits per heavy atom. The maximum Gasteiger partial charge on any atom is 0.203 e. The summed E-state index contributed by atoms with van der Waals surface area (Å²) in [5, 5.41) is 12.9. The summed E-state index contributed by atoms with van der Waals surface area (Å²) in [5.74, 6) is 0.848. The first kappa shape index (κ1) is 10.4. The number of aliphatic hydroxyl groups excluding tert-OH is 1. The summed E-state index contributed by atoms with van der Waals surface area (Å²) >= 11 is 1.33. The summed E-state index contributed by atoms with van der Waals surface area (Å²) in [5.41, 5.74) is -0.329. The number of hydrogen-bond acceptors (Lipinski definition) is 5. The van der Waals surface area contributed by atoms with Crippen molar-refractivity contribution in [3.05, 3.63) is 5.82 Å². The van der Waals surface area contributed by atoms with E-state index in [-0.39, 0.29) is 12.1 Å². The average Bonchev–Trinajstić information content (AvgIpc) is 2.52. The van der Waals surface area contributed by atoms with Crippen LogP contribution in [0.25, 0.3) is 0 Å². The second-order valence-electron chi connectivity index (χ2n) is 3.54. The maximum atomic E-state index is 9.01. The van der Waals surface area contributed by atoms with Gasteiger partial charge in [-0.3, -0.25) is 0 Å². The third kappa shape index (κ3) is 2.93. The van der Waals surface area contributed by atoms with E-state index < -0.39 is 0 Å². The van der Waals surface area contributed by atoms with Crippen LogP contribution in [0.5, 0.6) is 0 Å². The molecule has 0 aliphatic rings. The van der Waals surface area contributed by atoms with Crippen LogP contribution in [0.3, 0.4) is 0 Å². The third-order valence-corrected chi connectivity index (χ3v) is 2.29. The molecule has 2 N–H and O–H groups in total. The Bertz CT molecular complexity index is 272. The fraction of sp³-hybridized carbons (Fsp3) is 0.750. The minimum atomic E-state index is -0.329. The summed E-state index contributed by atoms with van der Waals surface area (Å²) in [6, 6.07) is 0. The summed E-state index contributed by atoms with van der Waals surface area (Å²) in [6.07, 6.45) is 0.845. The molecule has 1 heterocycles. The lowest BCUT2D eigenvalue weighted by atomic mass is 10.1. The van der Waals surface area contributed by atoms with Crippen molar-refractivity contribution in [3.63, 3.8) is 0 Å². The maximum absolute atomic E-state index is 9.01. The first-order valence-corrected chi connectivity index (χ1v) is 5.06. The minimum absolute atomic E-state index is 0.0774. The van der Waals surface area contributed by atoms with Gasteiger partial charge in [-0.15, -0.1) is 0 Å². The van der Waals surface area contributed by atoms with Gasteiger partial charge in [0, 0.05) is 18.0 Å². The van der Waals surface area contributed by atoms with Crippen LogP contribution in [-0.2, 0) is 6.42 Å². The molecule has 0 aliphatic heterocycles. The average molecular weight is 201 g/mol. The lowest BCUT2D eigenvalue weighted by molar-refractivity contribution is 0.234. The van der Waals surface area contributed by atoms with E-state index in [0.29, 0.717) is 0 Å². The second-order valence-corrected chi connectivity index (χ2v) is 4.29. The molecule has 1 aromatic heterocycles. The van der Waals surface area contributed by atoms with Crippen molar-refractivity contribution in [2.45, 2.75) is 32.7 Å². The number of aromatic nitrogens is 2. The summed E-state index contributed by atoms with van der Waals surface area (Å²) in [7, 11) is 0. The quantitative estimate of drug-likeness (QED) is 0.770. The molecule has 0 bridgehead atoms. The van der Waals surface area contributed by atoms with Crippen LogP contribution in [0, 0.1) is 0 Å². The first-order valence-electron chi connectivity index (χ1n) is 4.29. The Balaban J connectivity index is 2.63. The van der Waals surface area contributed by atoms with Crippen LogP contribution in [0.2, 0.25) is 0 Å². The molecule has 0 aliphatic carbocycles. The van der Waals surface area contributed by atoms with E-state index in [9.17, 15) is 0 Å². The molecule has 0 spiro atoms. The normalized spacial score (nSPS) is 11.7. The van der Waals surface area contributed by atoms with Crippen molar-refractivity contribution >= 4 is 16.7 Å². The van der Waals surface area contributed by atoms with Gasteiger partial charge in [0.1, 0.15) is 5.82 Å². The van der Waals surface area contributed by atoms with Crippen molar-refractivity contribution in [2.24, 2.45) is 0 Å². The molecule has 0 amide bonds. The highest BCUT2D eigenvalue weighted by Crippen LogP contribution is 2.16. The highest BCUT2D eigenvalue weighted by molar-refractivity contribution is 7.09. The molecule has 0 unspecified atom stereocenters. The standard InChI is InChI=1S/C8H15N3OS/c1-4-6-9-7(13-11-6)10-8(2,3)5-12/h12H,4-5H2,1-3H3,(H,9,10,11). The molecule has 0 fully saturated rings. The number of nitrogens with zero attached hydrogens (tertiary/aromatic N) is 2. The van der Waals surface area contributed by atoms with Gasteiger partial charge in [0.15, 0.2) is 0 Å². The number of anilines is 1. The van der Waals surface area contributed by atoms with Gasteiger partial charge in [0.25, 0.3) is 0 Å². The minimum Gasteiger partial charge on any atom is -0.394 e. The molecular weight excluding hydrogens is 186 g/mol. The fourth-order valence-corrected chi connectivity index (χ4v) is 1.61. The molecule has 74 valence electrons. The molecule has 13 heavy (non-hydrogen) atoms.